The summed E-state index contributed by atoms with van der Waals surface area (Å²) in [4.78, 5) is 12.5. The first-order valence-electron chi connectivity index (χ1n) is 7.43. The topological polar surface area (TPSA) is 78.4 Å². The standard InChI is InChI=1S/C14H19ClN4O2/c15-12-10-5-1-2-6-11(10)13(18-17-12)16-9-4-3-7-19(8-9)14(20)21/h9H,1-8H2,(H,16,18)(H,20,21). The minimum Gasteiger partial charge on any atom is -0.465 e. The molecule has 6 nitrogen and oxygen atoms in total. The van der Waals surface area contributed by atoms with Crippen molar-refractivity contribution in [3.63, 3.8) is 0 Å². The van der Waals surface area contributed by atoms with Crippen LogP contribution in [0.3, 0.4) is 0 Å². The number of rotatable bonds is 2. The summed E-state index contributed by atoms with van der Waals surface area (Å²) in [6.07, 6.45) is 5.14. The van der Waals surface area contributed by atoms with Crippen LogP contribution in [0.25, 0.3) is 0 Å². The van der Waals surface area contributed by atoms with Crippen LogP contribution < -0.4 is 5.32 Å². The Bertz CT molecular complexity index is 552. The number of hydrogen-bond donors (Lipinski definition) is 2. The molecule has 1 aliphatic carbocycles. The quantitative estimate of drug-likeness (QED) is 0.877. The molecule has 3 rings (SSSR count). The van der Waals surface area contributed by atoms with Gasteiger partial charge in [-0.1, -0.05) is 11.6 Å². The summed E-state index contributed by atoms with van der Waals surface area (Å²) in [7, 11) is 0. The van der Waals surface area contributed by atoms with E-state index in [1.54, 1.807) is 0 Å². The molecule has 1 aliphatic heterocycles. The van der Waals surface area contributed by atoms with Crippen molar-refractivity contribution in [3.05, 3.63) is 16.3 Å². The van der Waals surface area contributed by atoms with E-state index in [9.17, 15) is 4.79 Å². The van der Waals surface area contributed by atoms with Crippen molar-refractivity contribution in [3.8, 4) is 0 Å². The van der Waals surface area contributed by atoms with Gasteiger partial charge in [0.15, 0.2) is 11.0 Å². The molecule has 1 aromatic rings. The number of nitrogens with one attached hydrogen (secondary N) is 1. The van der Waals surface area contributed by atoms with E-state index in [-0.39, 0.29) is 6.04 Å². The zero-order chi connectivity index (χ0) is 14.8. The predicted octanol–water partition coefficient (Wildman–Crippen LogP) is 2.56. The molecule has 2 heterocycles. The number of aromatic nitrogens is 2. The van der Waals surface area contributed by atoms with Gasteiger partial charge in [0.25, 0.3) is 0 Å². The maximum absolute atomic E-state index is 11.1. The Morgan fingerprint density at radius 1 is 1.24 bits per heavy atom. The molecule has 0 bridgehead atoms. The molecular weight excluding hydrogens is 292 g/mol. The zero-order valence-corrected chi connectivity index (χ0v) is 12.6. The van der Waals surface area contributed by atoms with Gasteiger partial charge in [-0.15, -0.1) is 10.2 Å². The number of fused-ring (bicyclic) bond motifs is 1. The van der Waals surface area contributed by atoms with Crippen molar-refractivity contribution in [2.45, 2.75) is 44.6 Å². The second kappa shape index (κ2) is 6.05. The second-order valence-electron chi connectivity index (χ2n) is 5.72. The molecule has 1 amide bonds. The highest BCUT2D eigenvalue weighted by Gasteiger charge is 2.25. The highest BCUT2D eigenvalue weighted by atomic mass is 35.5. The number of likely N-dealkylation sites (tertiary alicyclic amines) is 1. The maximum Gasteiger partial charge on any atom is 0.407 e. The molecular formula is C14H19ClN4O2. The minimum absolute atomic E-state index is 0.0938. The summed E-state index contributed by atoms with van der Waals surface area (Å²) < 4.78 is 0. The Labute approximate surface area is 128 Å². The monoisotopic (exact) mass is 310 g/mol. The van der Waals surface area contributed by atoms with Crippen LogP contribution in [0, 0.1) is 0 Å². The highest BCUT2D eigenvalue weighted by Crippen LogP contribution is 2.31. The number of halogens is 1. The third-order valence-corrected chi connectivity index (χ3v) is 4.58. The van der Waals surface area contributed by atoms with Crippen molar-refractivity contribution >= 4 is 23.5 Å². The smallest absolute Gasteiger partial charge is 0.407 e. The number of hydrogen-bond acceptors (Lipinski definition) is 4. The number of carbonyl (C=O) groups is 1. The first-order valence-corrected chi connectivity index (χ1v) is 7.81. The average Bonchev–Trinajstić information content (AvgIpc) is 2.51. The van der Waals surface area contributed by atoms with Gasteiger partial charge in [0, 0.05) is 24.7 Å². The van der Waals surface area contributed by atoms with Crippen LogP contribution in [-0.2, 0) is 12.8 Å². The molecule has 1 aromatic heterocycles. The summed E-state index contributed by atoms with van der Waals surface area (Å²) in [5, 5.41) is 21.2. The van der Waals surface area contributed by atoms with Crippen molar-refractivity contribution < 1.29 is 9.90 Å². The summed E-state index contributed by atoms with van der Waals surface area (Å²) >= 11 is 6.13. The SMILES string of the molecule is O=C(O)N1CCCC(Nc2nnc(Cl)c3c2CCCC3)C1. The summed E-state index contributed by atoms with van der Waals surface area (Å²) in [5.41, 5.74) is 2.26. The molecule has 0 spiro atoms. The Morgan fingerprint density at radius 3 is 2.76 bits per heavy atom. The first-order chi connectivity index (χ1) is 10.1. The van der Waals surface area contributed by atoms with E-state index in [4.69, 9.17) is 16.7 Å². The van der Waals surface area contributed by atoms with Crippen molar-refractivity contribution in [1.82, 2.24) is 15.1 Å². The third kappa shape index (κ3) is 3.05. The Morgan fingerprint density at radius 2 is 2.00 bits per heavy atom. The van der Waals surface area contributed by atoms with Gasteiger partial charge in [-0.2, -0.15) is 0 Å². The Kier molecular flexibility index (Phi) is 4.14. The van der Waals surface area contributed by atoms with Gasteiger partial charge < -0.3 is 15.3 Å². The molecule has 0 aromatic carbocycles. The number of nitrogens with zero attached hydrogens (tertiary/aromatic N) is 3. The van der Waals surface area contributed by atoms with Crippen LogP contribution in [0.5, 0.6) is 0 Å². The minimum atomic E-state index is -0.856. The lowest BCUT2D eigenvalue weighted by Crippen LogP contribution is -2.44. The first kappa shape index (κ1) is 14.4. The normalized spacial score (nSPS) is 21.8. The zero-order valence-electron chi connectivity index (χ0n) is 11.8. The fraction of sp³-hybridized carbons (Fsp3) is 0.643. The van der Waals surface area contributed by atoms with E-state index < -0.39 is 6.09 Å². The molecule has 2 N–H and O–H groups in total. The lowest BCUT2D eigenvalue weighted by atomic mass is 9.93. The van der Waals surface area contributed by atoms with E-state index >= 15 is 0 Å². The lowest BCUT2D eigenvalue weighted by Gasteiger charge is -2.32. The molecule has 1 saturated heterocycles. The van der Waals surface area contributed by atoms with Crippen LogP contribution in [0.15, 0.2) is 0 Å². The highest BCUT2D eigenvalue weighted by molar-refractivity contribution is 6.30. The van der Waals surface area contributed by atoms with Crippen molar-refractivity contribution in [2.75, 3.05) is 18.4 Å². The fourth-order valence-electron chi connectivity index (χ4n) is 3.19. The van der Waals surface area contributed by atoms with Gasteiger partial charge >= 0.3 is 6.09 Å². The largest absolute Gasteiger partial charge is 0.465 e. The molecule has 2 aliphatic rings. The van der Waals surface area contributed by atoms with E-state index in [1.807, 2.05) is 0 Å². The summed E-state index contributed by atoms with van der Waals surface area (Å²) in [6.45, 7) is 1.10. The maximum atomic E-state index is 11.1. The van der Waals surface area contributed by atoms with Gasteiger partial charge in [-0.05, 0) is 44.1 Å². The lowest BCUT2D eigenvalue weighted by molar-refractivity contribution is 0.132. The number of anilines is 1. The summed E-state index contributed by atoms with van der Waals surface area (Å²) in [6, 6.07) is 0.0938. The van der Waals surface area contributed by atoms with Gasteiger partial charge in [0.05, 0.1) is 0 Å². The number of carboxylic acid groups (broad SMARTS) is 1. The van der Waals surface area contributed by atoms with Gasteiger partial charge in [0.1, 0.15) is 0 Å². The van der Waals surface area contributed by atoms with Crippen LogP contribution in [-0.4, -0.2) is 45.4 Å². The molecule has 7 heteroatoms. The molecule has 1 atom stereocenters. The van der Waals surface area contributed by atoms with Crippen LogP contribution in [0.1, 0.15) is 36.8 Å². The van der Waals surface area contributed by atoms with E-state index in [0.717, 1.165) is 55.5 Å². The Balaban J connectivity index is 1.77. The van der Waals surface area contributed by atoms with Crippen LogP contribution in [0.4, 0.5) is 10.6 Å². The van der Waals surface area contributed by atoms with Gasteiger partial charge in [-0.25, -0.2) is 4.79 Å². The van der Waals surface area contributed by atoms with Gasteiger partial charge in [0.2, 0.25) is 0 Å². The molecule has 114 valence electrons. The number of piperidine rings is 1. The van der Waals surface area contributed by atoms with E-state index in [1.165, 1.54) is 4.90 Å². The molecule has 21 heavy (non-hydrogen) atoms. The molecule has 1 fully saturated rings. The molecule has 0 saturated carbocycles. The molecule has 1 unspecified atom stereocenters. The third-order valence-electron chi connectivity index (χ3n) is 4.27. The van der Waals surface area contributed by atoms with Crippen molar-refractivity contribution in [1.29, 1.82) is 0 Å². The predicted molar refractivity (Wildman–Crippen MR) is 79.9 cm³/mol. The second-order valence-corrected chi connectivity index (χ2v) is 6.07. The average molecular weight is 311 g/mol. The molecule has 0 radical (unpaired) electrons. The van der Waals surface area contributed by atoms with Crippen LogP contribution >= 0.6 is 11.6 Å². The fourth-order valence-corrected chi connectivity index (χ4v) is 3.43. The summed E-state index contributed by atoms with van der Waals surface area (Å²) in [5.74, 6) is 0.784. The van der Waals surface area contributed by atoms with E-state index in [2.05, 4.69) is 15.5 Å². The van der Waals surface area contributed by atoms with Crippen LogP contribution in [0.2, 0.25) is 5.15 Å². The van der Waals surface area contributed by atoms with E-state index in [0.29, 0.717) is 18.2 Å². The van der Waals surface area contributed by atoms with Crippen molar-refractivity contribution in [2.24, 2.45) is 0 Å². The van der Waals surface area contributed by atoms with Gasteiger partial charge in [-0.3, -0.25) is 0 Å². The number of amides is 1. The Hall–Kier alpha value is -1.56.